The van der Waals surface area contributed by atoms with Crippen LogP contribution >= 0.6 is 0 Å². The summed E-state index contributed by atoms with van der Waals surface area (Å²) in [5.41, 5.74) is 4.74. The maximum Gasteiger partial charge on any atom is 0.323 e. The Balaban J connectivity index is 1.65. The monoisotopic (exact) mass is 385 g/mol. The summed E-state index contributed by atoms with van der Waals surface area (Å²) in [7, 11) is 0. The number of ketones is 1. The average Bonchev–Trinajstić information content (AvgIpc) is 3.08. The number of H-pyrrole nitrogens is 2. The molecule has 0 radical (unpaired) electrons. The predicted molar refractivity (Wildman–Crippen MR) is 113 cm³/mol. The van der Waals surface area contributed by atoms with Crippen LogP contribution in [0.3, 0.4) is 0 Å². The highest BCUT2D eigenvalue weighted by molar-refractivity contribution is 6.17. The fourth-order valence-corrected chi connectivity index (χ4v) is 3.23. The number of aromatic nitrogens is 2. The summed E-state index contributed by atoms with van der Waals surface area (Å²) in [6, 6.07) is 17.3. The maximum atomic E-state index is 13.0. The topological polar surface area (TPSA) is 94.8 Å². The molecule has 0 aliphatic rings. The van der Waals surface area contributed by atoms with E-state index in [-0.39, 0.29) is 11.5 Å². The van der Waals surface area contributed by atoms with Gasteiger partial charge in [0.25, 0.3) is 5.91 Å². The first-order valence-electron chi connectivity index (χ1n) is 9.17. The van der Waals surface area contributed by atoms with Gasteiger partial charge in [0.2, 0.25) is 0 Å². The first kappa shape index (κ1) is 18.4. The lowest BCUT2D eigenvalue weighted by atomic mass is 9.95. The largest absolute Gasteiger partial charge is 0.323 e. The SMILES string of the molecule is Cc1ccc(C(=O)c2ccccc2C(=O)Nc2ccc3[nH]c(=O)[nH]c3c2)cc1C. The van der Waals surface area contributed by atoms with Gasteiger partial charge in [-0.05, 0) is 55.3 Å². The molecule has 4 rings (SSSR count). The van der Waals surface area contributed by atoms with Crippen LogP contribution in [0.4, 0.5) is 5.69 Å². The van der Waals surface area contributed by atoms with Gasteiger partial charge in [-0.3, -0.25) is 9.59 Å². The van der Waals surface area contributed by atoms with Gasteiger partial charge in [0.15, 0.2) is 5.78 Å². The lowest BCUT2D eigenvalue weighted by molar-refractivity contribution is 0.0996. The molecule has 0 bridgehead atoms. The Morgan fingerprint density at radius 1 is 0.793 bits per heavy atom. The van der Waals surface area contributed by atoms with Crippen LogP contribution in [0.5, 0.6) is 0 Å². The molecule has 6 nitrogen and oxygen atoms in total. The summed E-state index contributed by atoms with van der Waals surface area (Å²) in [4.78, 5) is 42.6. The number of hydrogen-bond acceptors (Lipinski definition) is 3. The standard InChI is InChI=1S/C23H19N3O3/c1-13-7-8-15(11-14(13)2)21(27)17-5-3-4-6-18(17)22(28)24-16-9-10-19-20(12-16)26-23(29)25-19/h3-12H,1-2H3,(H,24,28)(H2,25,26,29). The van der Waals surface area contributed by atoms with Crippen molar-refractivity contribution in [3.05, 3.63) is 99.0 Å². The zero-order valence-electron chi connectivity index (χ0n) is 16.0. The van der Waals surface area contributed by atoms with Gasteiger partial charge in [0.1, 0.15) is 0 Å². The Morgan fingerprint density at radius 2 is 1.52 bits per heavy atom. The van der Waals surface area contributed by atoms with Crippen molar-refractivity contribution < 1.29 is 9.59 Å². The number of nitrogens with one attached hydrogen (secondary N) is 3. The van der Waals surface area contributed by atoms with Crippen LogP contribution in [0.15, 0.2) is 65.5 Å². The number of imidazole rings is 1. The molecule has 29 heavy (non-hydrogen) atoms. The van der Waals surface area contributed by atoms with Crippen LogP contribution < -0.4 is 11.0 Å². The van der Waals surface area contributed by atoms with E-state index in [1.165, 1.54) is 0 Å². The minimum Gasteiger partial charge on any atom is -0.322 e. The molecule has 1 amide bonds. The molecule has 144 valence electrons. The van der Waals surface area contributed by atoms with E-state index in [9.17, 15) is 14.4 Å². The quantitative estimate of drug-likeness (QED) is 0.464. The highest BCUT2D eigenvalue weighted by Crippen LogP contribution is 2.20. The van der Waals surface area contributed by atoms with Gasteiger partial charge in [-0.2, -0.15) is 0 Å². The van der Waals surface area contributed by atoms with Gasteiger partial charge in [0.05, 0.1) is 16.6 Å². The highest BCUT2D eigenvalue weighted by atomic mass is 16.2. The van der Waals surface area contributed by atoms with E-state index in [0.717, 1.165) is 11.1 Å². The second-order valence-corrected chi connectivity index (χ2v) is 6.97. The number of benzene rings is 3. The molecule has 0 spiro atoms. The van der Waals surface area contributed by atoms with E-state index >= 15 is 0 Å². The molecule has 0 unspecified atom stereocenters. The van der Waals surface area contributed by atoms with Gasteiger partial charge >= 0.3 is 5.69 Å². The fourth-order valence-electron chi connectivity index (χ4n) is 3.23. The number of aryl methyl sites for hydroxylation is 2. The molecule has 0 atom stereocenters. The van der Waals surface area contributed by atoms with Gasteiger partial charge in [-0.25, -0.2) is 4.79 Å². The van der Waals surface area contributed by atoms with Crippen molar-refractivity contribution in [1.29, 1.82) is 0 Å². The molecule has 1 aromatic heterocycles. The Morgan fingerprint density at radius 3 is 2.28 bits per heavy atom. The summed E-state index contributed by atoms with van der Waals surface area (Å²) in [5.74, 6) is -0.598. The number of carbonyl (C=O) groups excluding carboxylic acids is 2. The molecule has 3 N–H and O–H groups in total. The molecule has 0 aliphatic carbocycles. The fraction of sp³-hybridized carbons (Fsp3) is 0.0870. The molecule has 0 aliphatic heterocycles. The van der Waals surface area contributed by atoms with E-state index in [0.29, 0.717) is 33.4 Å². The van der Waals surface area contributed by atoms with Gasteiger partial charge in [0, 0.05) is 16.8 Å². The number of fused-ring (bicyclic) bond motifs is 1. The van der Waals surface area contributed by atoms with Crippen molar-refractivity contribution >= 4 is 28.4 Å². The maximum absolute atomic E-state index is 13.0. The minimum atomic E-state index is -0.394. The Bertz CT molecular complexity index is 1310. The second kappa shape index (κ2) is 7.24. The zero-order chi connectivity index (χ0) is 20.5. The van der Waals surface area contributed by atoms with Crippen LogP contribution in [0, 0.1) is 13.8 Å². The van der Waals surface area contributed by atoms with Crippen LogP contribution in [-0.4, -0.2) is 21.7 Å². The predicted octanol–water partition coefficient (Wildman–Crippen LogP) is 3.96. The Hall–Kier alpha value is -3.93. The smallest absolute Gasteiger partial charge is 0.322 e. The van der Waals surface area contributed by atoms with E-state index in [1.807, 2.05) is 26.0 Å². The zero-order valence-corrected chi connectivity index (χ0v) is 16.0. The van der Waals surface area contributed by atoms with E-state index < -0.39 is 5.91 Å². The van der Waals surface area contributed by atoms with E-state index in [4.69, 9.17) is 0 Å². The number of amides is 1. The molecule has 1 heterocycles. The van der Waals surface area contributed by atoms with Crippen molar-refractivity contribution in [2.24, 2.45) is 0 Å². The van der Waals surface area contributed by atoms with E-state index in [2.05, 4.69) is 15.3 Å². The molecule has 3 aromatic carbocycles. The molecule has 0 saturated carbocycles. The second-order valence-electron chi connectivity index (χ2n) is 6.97. The van der Waals surface area contributed by atoms with Gasteiger partial charge in [-0.1, -0.05) is 30.3 Å². The third kappa shape index (κ3) is 3.60. The lowest BCUT2D eigenvalue weighted by Gasteiger charge is -2.11. The summed E-state index contributed by atoms with van der Waals surface area (Å²) in [6.45, 7) is 3.94. The van der Waals surface area contributed by atoms with Crippen molar-refractivity contribution in [3.8, 4) is 0 Å². The number of aromatic amines is 2. The first-order chi connectivity index (χ1) is 13.9. The summed E-state index contributed by atoms with van der Waals surface area (Å²) in [6.07, 6.45) is 0. The lowest BCUT2D eigenvalue weighted by Crippen LogP contribution is -2.17. The van der Waals surface area contributed by atoms with Crippen molar-refractivity contribution in [2.75, 3.05) is 5.32 Å². The molecule has 6 heteroatoms. The number of rotatable bonds is 4. The summed E-state index contributed by atoms with van der Waals surface area (Å²) in [5, 5.41) is 2.80. The Labute approximate surface area is 166 Å². The van der Waals surface area contributed by atoms with Gasteiger partial charge < -0.3 is 15.3 Å². The first-order valence-corrected chi connectivity index (χ1v) is 9.17. The third-order valence-electron chi connectivity index (χ3n) is 4.96. The van der Waals surface area contributed by atoms with Crippen molar-refractivity contribution in [1.82, 2.24) is 9.97 Å². The Kier molecular flexibility index (Phi) is 4.60. The van der Waals surface area contributed by atoms with E-state index in [1.54, 1.807) is 48.5 Å². The molecule has 0 saturated heterocycles. The molecule has 0 fully saturated rings. The molecular weight excluding hydrogens is 366 g/mol. The normalized spacial score (nSPS) is 10.8. The van der Waals surface area contributed by atoms with Gasteiger partial charge in [-0.15, -0.1) is 0 Å². The van der Waals surface area contributed by atoms with Crippen molar-refractivity contribution in [3.63, 3.8) is 0 Å². The summed E-state index contributed by atoms with van der Waals surface area (Å²) >= 11 is 0. The minimum absolute atomic E-state index is 0.204. The van der Waals surface area contributed by atoms with Crippen LogP contribution in [0.1, 0.15) is 37.4 Å². The van der Waals surface area contributed by atoms with Crippen molar-refractivity contribution in [2.45, 2.75) is 13.8 Å². The van der Waals surface area contributed by atoms with Crippen LogP contribution in [0.2, 0.25) is 0 Å². The number of hydrogen-bond donors (Lipinski definition) is 3. The number of carbonyl (C=O) groups is 2. The summed E-state index contributed by atoms with van der Waals surface area (Å²) < 4.78 is 0. The third-order valence-corrected chi connectivity index (χ3v) is 4.96. The molecule has 4 aromatic rings. The average molecular weight is 385 g/mol. The highest BCUT2D eigenvalue weighted by Gasteiger charge is 2.18. The van der Waals surface area contributed by atoms with Crippen LogP contribution in [0.25, 0.3) is 11.0 Å². The molecular formula is C23H19N3O3. The van der Waals surface area contributed by atoms with Crippen LogP contribution in [-0.2, 0) is 0 Å². The number of anilines is 1.